The average Bonchev–Trinajstić information content (AvgIpc) is 3.74. The lowest BCUT2D eigenvalue weighted by molar-refractivity contribution is 0.620. The lowest BCUT2D eigenvalue weighted by atomic mass is 10.1. The molecule has 0 amide bonds. The molecule has 41 heavy (non-hydrogen) atoms. The van der Waals surface area contributed by atoms with Crippen LogP contribution in [-0.4, -0.2) is 14.5 Å². The first kappa shape index (κ1) is 22.5. The van der Waals surface area contributed by atoms with Crippen LogP contribution in [0, 0.1) is 0 Å². The van der Waals surface area contributed by atoms with Crippen molar-refractivity contribution in [2.24, 2.45) is 0 Å². The maximum absolute atomic E-state index is 6.16. The topological polar surface area (TPSA) is 43.9 Å². The van der Waals surface area contributed by atoms with E-state index in [1.54, 1.807) is 11.3 Å². The second-order valence-electron chi connectivity index (χ2n) is 10.3. The van der Waals surface area contributed by atoms with Crippen molar-refractivity contribution < 1.29 is 4.42 Å². The maximum Gasteiger partial charge on any atom is 0.227 e. The molecule has 0 saturated carbocycles. The summed E-state index contributed by atoms with van der Waals surface area (Å²) in [4.78, 5) is 9.74. The molecule has 0 saturated heterocycles. The molecule has 6 aromatic carbocycles. The summed E-state index contributed by atoms with van der Waals surface area (Å²) >= 11 is 1.73. The highest BCUT2D eigenvalue weighted by Gasteiger charge is 2.18. The Labute approximate surface area is 238 Å². The van der Waals surface area contributed by atoms with E-state index in [1.165, 1.54) is 20.9 Å². The van der Waals surface area contributed by atoms with Crippen LogP contribution < -0.4 is 0 Å². The van der Waals surface area contributed by atoms with Crippen molar-refractivity contribution in [3.63, 3.8) is 0 Å². The van der Waals surface area contributed by atoms with E-state index in [1.807, 2.05) is 30.3 Å². The molecule has 192 valence electrons. The van der Waals surface area contributed by atoms with Crippen molar-refractivity contribution >= 4 is 65.2 Å². The summed E-state index contributed by atoms with van der Waals surface area (Å²) in [5, 5.41) is 5.77. The van der Waals surface area contributed by atoms with Crippen LogP contribution in [0.2, 0.25) is 0 Å². The summed E-state index contributed by atoms with van der Waals surface area (Å²) in [7, 11) is 0. The van der Waals surface area contributed by atoms with Crippen LogP contribution in [0.15, 0.2) is 132 Å². The summed E-state index contributed by atoms with van der Waals surface area (Å²) < 4.78 is 9.74. The molecule has 3 aromatic heterocycles. The van der Waals surface area contributed by atoms with Crippen LogP contribution >= 0.6 is 11.3 Å². The Morgan fingerprint density at radius 3 is 2.12 bits per heavy atom. The molecule has 4 nitrogen and oxygen atoms in total. The number of para-hydroxylation sites is 3. The molecule has 0 unspecified atom stereocenters. The van der Waals surface area contributed by atoms with Gasteiger partial charge in [-0.25, -0.2) is 9.97 Å². The van der Waals surface area contributed by atoms with Crippen LogP contribution in [0.5, 0.6) is 0 Å². The molecule has 9 aromatic rings. The van der Waals surface area contributed by atoms with Gasteiger partial charge in [-0.15, -0.1) is 11.3 Å². The molecule has 0 atom stereocenters. The van der Waals surface area contributed by atoms with Crippen molar-refractivity contribution in [3.05, 3.63) is 127 Å². The number of benzene rings is 6. The zero-order valence-electron chi connectivity index (χ0n) is 21.8. The first-order valence-electron chi connectivity index (χ1n) is 13.6. The van der Waals surface area contributed by atoms with Gasteiger partial charge in [0.2, 0.25) is 5.89 Å². The van der Waals surface area contributed by atoms with Crippen molar-refractivity contribution in [1.82, 2.24) is 14.5 Å². The predicted octanol–water partition coefficient (Wildman–Crippen LogP) is 10.0. The normalized spacial score (nSPS) is 11.9. The first-order chi connectivity index (χ1) is 20.3. The summed E-state index contributed by atoms with van der Waals surface area (Å²) in [6, 6.07) is 44.5. The molecule has 0 bridgehead atoms. The van der Waals surface area contributed by atoms with Crippen molar-refractivity contribution in [3.8, 4) is 27.7 Å². The van der Waals surface area contributed by atoms with Crippen molar-refractivity contribution in [2.45, 2.75) is 0 Å². The molecule has 5 heteroatoms. The van der Waals surface area contributed by atoms with E-state index in [2.05, 4.69) is 102 Å². The molecule has 0 spiro atoms. The van der Waals surface area contributed by atoms with Gasteiger partial charge >= 0.3 is 0 Å². The predicted molar refractivity (Wildman–Crippen MR) is 170 cm³/mol. The Bertz CT molecular complexity index is 2240. The molecule has 0 aliphatic heterocycles. The number of hydrogen-bond donors (Lipinski definition) is 0. The van der Waals surface area contributed by atoms with E-state index >= 15 is 0 Å². The van der Waals surface area contributed by atoms with Gasteiger partial charge in [0.15, 0.2) is 5.58 Å². The van der Waals surface area contributed by atoms with E-state index in [4.69, 9.17) is 14.4 Å². The summed E-state index contributed by atoms with van der Waals surface area (Å²) in [6.45, 7) is 0. The Morgan fingerprint density at radius 1 is 0.561 bits per heavy atom. The highest BCUT2D eigenvalue weighted by atomic mass is 32.1. The highest BCUT2D eigenvalue weighted by Crippen LogP contribution is 2.40. The van der Waals surface area contributed by atoms with Gasteiger partial charge in [0.25, 0.3) is 0 Å². The maximum atomic E-state index is 6.16. The van der Waals surface area contributed by atoms with Gasteiger partial charge in [0, 0.05) is 27.3 Å². The van der Waals surface area contributed by atoms with Gasteiger partial charge in [-0.2, -0.15) is 0 Å². The van der Waals surface area contributed by atoms with Crippen LogP contribution in [0.25, 0.3) is 81.6 Å². The quantitative estimate of drug-likeness (QED) is 0.223. The van der Waals surface area contributed by atoms with Gasteiger partial charge < -0.3 is 8.98 Å². The standard InChI is InChI=1S/C36H21N3OS/c1-2-10-25-22(8-1)9-7-13-30(25)39-31-18-16-23(35-37-28-11-3-5-14-33(28)40-35)20-26(31)27-21-24(17-19-32(27)39)36-38-29-12-4-6-15-34(29)41-36/h1-21H. The van der Waals surface area contributed by atoms with E-state index in [0.717, 1.165) is 54.9 Å². The SMILES string of the molecule is c1ccc2c(-n3c4ccc(-c5nc6ccccc6o5)cc4c4cc(-c5nc6ccccc6s5)ccc43)cccc2c1. The average molecular weight is 544 g/mol. The Morgan fingerprint density at radius 2 is 1.27 bits per heavy atom. The summed E-state index contributed by atoms with van der Waals surface area (Å²) in [5.74, 6) is 0.626. The van der Waals surface area contributed by atoms with Gasteiger partial charge in [-0.3, -0.25) is 0 Å². The fourth-order valence-corrected chi connectivity index (χ4v) is 6.91. The Balaban J connectivity index is 1.34. The fourth-order valence-electron chi connectivity index (χ4n) is 5.94. The molecule has 0 fully saturated rings. The fraction of sp³-hybridized carbons (Fsp3) is 0. The number of oxazole rings is 1. The van der Waals surface area contributed by atoms with Crippen LogP contribution in [0.4, 0.5) is 0 Å². The molecule has 0 aliphatic rings. The van der Waals surface area contributed by atoms with Crippen molar-refractivity contribution in [2.75, 3.05) is 0 Å². The number of thiazole rings is 1. The summed E-state index contributed by atoms with van der Waals surface area (Å²) in [5.41, 5.74) is 8.19. The van der Waals surface area contributed by atoms with Crippen molar-refractivity contribution in [1.29, 1.82) is 0 Å². The number of fused-ring (bicyclic) bond motifs is 6. The number of rotatable bonds is 3. The zero-order chi connectivity index (χ0) is 26.9. The van der Waals surface area contributed by atoms with E-state index < -0.39 is 0 Å². The summed E-state index contributed by atoms with van der Waals surface area (Å²) in [6.07, 6.45) is 0. The monoisotopic (exact) mass is 543 g/mol. The second-order valence-corrected chi connectivity index (χ2v) is 11.3. The van der Waals surface area contributed by atoms with Gasteiger partial charge in [-0.1, -0.05) is 60.7 Å². The van der Waals surface area contributed by atoms with Gasteiger partial charge in [0.1, 0.15) is 10.5 Å². The third-order valence-electron chi connectivity index (χ3n) is 7.85. The van der Waals surface area contributed by atoms with Gasteiger partial charge in [-0.05, 0) is 72.1 Å². The van der Waals surface area contributed by atoms with E-state index in [0.29, 0.717) is 5.89 Å². The second kappa shape index (κ2) is 8.62. The molecular weight excluding hydrogens is 522 g/mol. The lowest BCUT2D eigenvalue weighted by Crippen LogP contribution is -1.95. The third kappa shape index (κ3) is 3.46. The molecule has 0 radical (unpaired) electrons. The Hall–Kier alpha value is -5.26. The van der Waals surface area contributed by atoms with Crippen LogP contribution in [0.1, 0.15) is 0 Å². The van der Waals surface area contributed by atoms with E-state index in [9.17, 15) is 0 Å². The highest BCUT2D eigenvalue weighted by molar-refractivity contribution is 7.21. The van der Waals surface area contributed by atoms with Crippen LogP contribution in [-0.2, 0) is 0 Å². The molecule has 0 aliphatic carbocycles. The minimum atomic E-state index is 0.626. The lowest BCUT2D eigenvalue weighted by Gasteiger charge is -2.11. The molecule has 3 heterocycles. The number of hydrogen-bond acceptors (Lipinski definition) is 4. The molecular formula is C36H21N3OS. The number of nitrogens with zero attached hydrogens (tertiary/aromatic N) is 3. The zero-order valence-corrected chi connectivity index (χ0v) is 22.6. The Kier molecular flexibility index (Phi) is 4.74. The smallest absolute Gasteiger partial charge is 0.227 e. The number of aromatic nitrogens is 3. The minimum Gasteiger partial charge on any atom is -0.436 e. The largest absolute Gasteiger partial charge is 0.436 e. The first-order valence-corrected chi connectivity index (χ1v) is 14.4. The van der Waals surface area contributed by atoms with Crippen LogP contribution in [0.3, 0.4) is 0 Å². The molecule has 9 rings (SSSR count). The van der Waals surface area contributed by atoms with Gasteiger partial charge in [0.05, 0.1) is 26.9 Å². The van der Waals surface area contributed by atoms with E-state index in [-0.39, 0.29) is 0 Å². The molecule has 0 N–H and O–H groups in total. The minimum absolute atomic E-state index is 0.626. The third-order valence-corrected chi connectivity index (χ3v) is 8.94.